The summed E-state index contributed by atoms with van der Waals surface area (Å²) in [5.41, 5.74) is 1.21. The van der Waals surface area contributed by atoms with Crippen molar-refractivity contribution < 1.29 is 4.74 Å². The van der Waals surface area contributed by atoms with Crippen LogP contribution in [0.25, 0.3) is 0 Å². The van der Waals surface area contributed by atoms with Gasteiger partial charge >= 0.3 is 0 Å². The molecule has 3 nitrogen and oxygen atoms in total. The van der Waals surface area contributed by atoms with Gasteiger partial charge in [-0.05, 0) is 56.9 Å². The number of hydrogen-bond acceptors (Lipinski definition) is 3. The van der Waals surface area contributed by atoms with E-state index in [1.807, 2.05) is 0 Å². The van der Waals surface area contributed by atoms with Crippen molar-refractivity contribution in [2.75, 3.05) is 18.5 Å². The van der Waals surface area contributed by atoms with Crippen LogP contribution in [0.1, 0.15) is 39.5 Å². The predicted molar refractivity (Wildman–Crippen MR) is 83.4 cm³/mol. The Morgan fingerprint density at radius 1 is 1.25 bits per heavy atom. The van der Waals surface area contributed by atoms with Gasteiger partial charge in [-0.15, -0.1) is 0 Å². The molecule has 110 valence electrons. The van der Waals surface area contributed by atoms with E-state index in [2.05, 4.69) is 48.3 Å². The van der Waals surface area contributed by atoms with Crippen LogP contribution in [0.2, 0.25) is 0 Å². The maximum atomic E-state index is 5.62. The molecular formula is C17H26N2O. The highest BCUT2D eigenvalue weighted by Gasteiger charge is 2.38. The van der Waals surface area contributed by atoms with E-state index in [1.165, 1.54) is 31.5 Å². The van der Waals surface area contributed by atoms with Crippen LogP contribution in [-0.2, 0) is 0 Å². The van der Waals surface area contributed by atoms with Gasteiger partial charge in [0.1, 0.15) is 5.75 Å². The Balaban J connectivity index is 1.52. The molecule has 0 bridgehead atoms. The molecule has 1 N–H and O–H groups in total. The summed E-state index contributed by atoms with van der Waals surface area (Å²) in [4.78, 5) is 2.68. The molecule has 3 heteroatoms. The molecule has 1 aromatic carbocycles. The molecule has 2 fully saturated rings. The fraction of sp³-hybridized carbons (Fsp3) is 0.647. The predicted octanol–water partition coefficient (Wildman–Crippen LogP) is 3.51. The van der Waals surface area contributed by atoms with Crippen LogP contribution in [0, 0.1) is 0 Å². The summed E-state index contributed by atoms with van der Waals surface area (Å²) in [6.07, 6.45) is 5.11. The van der Waals surface area contributed by atoms with Gasteiger partial charge < -0.3 is 10.1 Å². The average Bonchev–Trinajstić information content (AvgIpc) is 3.23. The van der Waals surface area contributed by atoms with Gasteiger partial charge in [-0.25, -0.2) is 0 Å². The fourth-order valence-corrected chi connectivity index (χ4v) is 3.18. The van der Waals surface area contributed by atoms with Gasteiger partial charge in [0.15, 0.2) is 0 Å². The van der Waals surface area contributed by atoms with Crippen molar-refractivity contribution in [3.63, 3.8) is 0 Å². The van der Waals surface area contributed by atoms with Crippen LogP contribution >= 0.6 is 0 Å². The smallest absolute Gasteiger partial charge is 0.119 e. The first kappa shape index (κ1) is 13.7. The van der Waals surface area contributed by atoms with E-state index in [0.717, 1.165) is 30.9 Å². The summed E-state index contributed by atoms with van der Waals surface area (Å²) in [5.74, 6) is 0.969. The normalized spacial score (nSPS) is 26.7. The highest BCUT2D eigenvalue weighted by Crippen LogP contribution is 2.34. The molecule has 1 aromatic rings. The molecular weight excluding hydrogens is 248 g/mol. The second kappa shape index (κ2) is 6.04. The molecule has 1 heterocycles. The Hall–Kier alpha value is -1.22. The minimum atomic E-state index is 0.591. The zero-order valence-electron chi connectivity index (χ0n) is 12.6. The van der Waals surface area contributed by atoms with Crippen molar-refractivity contribution in [2.45, 2.75) is 57.7 Å². The summed E-state index contributed by atoms with van der Waals surface area (Å²) in [5, 5.41) is 3.67. The Morgan fingerprint density at radius 3 is 2.65 bits per heavy atom. The van der Waals surface area contributed by atoms with Gasteiger partial charge in [-0.2, -0.15) is 0 Å². The van der Waals surface area contributed by atoms with E-state index >= 15 is 0 Å². The SMILES string of the molecule is CCCOc1ccc(NC2CC(C)N(C3CC3)C2)cc1. The Kier molecular flexibility index (Phi) is 4.16. The van der Waals surface area contributed by atoms with Crippen molar-refractivity contribution in [2.24, 2.45) is 0 Å². The molecule has 1 saturated heterocycles. The summed E-state index contributed by atoms with van der Waals surface area (Å²) >= 11 is 0. The third kappa shape index (κ3) is 3.26. The molecule has 1 aliphatic carbocycles. The topological polar surface area (TPSA) is 24.5 Å². The second-order valence-electron chi connectivity index (χ2n) is 6.23. The number of benzene rings is 1. The summed E-state index contributed by atoms with van der Waals surface area (Å²) in [6, 6.07) is 10.6. The summed E-state index contributed by atoms with van der Waals surface area (Å²) < 4.78 is 5.62. The minimum absolute atomic E-state index is 0.591. The van der Waals surface area contributed by atoms with E-state index in [0.29, 0.717) is 6.04 Å². The number of likely N-dealkylation sites (tertiary alicyclic amines) is 1. The molecule has 2 unspecified atom stereocenters. The van der Waals surface area contributed by atoms with Gasteiger partial charge in [0, 0.05) is 30.4 Å². The van der Waals surface area contributed by atoms with Crippen molar-refractivity contribution in [1.29, 1.82) is 0 Å². The summed E-state index contributed by atoms with van der Waals surface area (Å²) in [7, 11) is 0. The molecule has 2 atom stereocenters. The highest BCUT2D eigenvalue weighted by atomic mass is 16.5. The third-order valence-electron chi connectivity index (χ3n) is 4.34. The maximum Gasteiger partial charge on any atom is 0.119 e. The number of ether oxygens (including phenoxy) is 1. The number of rotatable bonds is 6. The molecule has 3 rings (SSSR count). The van der Waals surface area contributed by atoms with E-state index in [-0.39, 0.29) is 0 Å². The second-order valence-corrected chi connectivity index (χ2v) is 6.23. The monoisotopic (exact) mass is 274 g/mol. The maximum absolute atomic E-state index is 5.62. The van der Waals surface area contributed by atoms with Gasteiger partial charge in [-0.3, -0.25) is 4.90 Å². The lowest BCUT2D eigenvalue weighted by molar-refractivity contribution is 0.257. The minimum Gasteiger partial charge on any atom is -0.494 e. The van der Waals surface area contributed by atoms with Gasteiger partial charge in [-0.1, -0.05) is 6.92 Å². The first-order valence-corrected chi connectivity index (χ1v) is 8.01. The molecule has 20 heavy (non-hydrogen) atoms. The molecule has 0 spiro atoms. The molecule has 0 aromatic heterocycles. The molecule has 2 aliphatic rings. The van der Waals surface area contributed by atoms with E-state index in [4.69, 9.17) is 4.74 Å². The lowest BCUT2D eigenvalue weighted by atomic mass is 10.2. The van der Waals surface area contributed by atoms with Crippen molar-refractivity contribution in [1.82, 2.24) is 4.90 Å². The standard InChI is InChI=1S/C17H26N2O/c1-3-10-20-17-8-4-14(5-9-17)18-15-11-13(2)19(12-15)16-6-7-16/h4-5,8-9,13,15-16,18H,3,6-7,10-12H2,1-2H3. The third-order valence-corrected chi connectivity index (χ3v) is 4.34. The molecule has 0 amide bonds. The van der Waals surface area contributed by atoms with E-state index < -0.39 is 0 Å². The Labute approximate surface area is 122 Å². The van der Waals surface area contributed by atoms with Crippen LogP contribution in [0.15, 0.2) is 24.3 Å². The van der Waals surface area contributed by atoms with Crippen molar-refractivity contribution in [3.05, 3.63) is 24.3 Å². The highest BCUT2D eigenvalue weighted by molar-refractivity contribution is 5.47. The zero-order chi connectivity index (χ0) is 13.9. The lowest BCUT2D eigenvalue weighted by Crippen LogP contribution is -2.30. The number of hydrogen-bond donors (Lipinski definition) is 1. The van der Waals surface area contributed by atoms with Gasteiger partial charge in [0.25, 0.3) is 0 Å². The molecule has 0 radical (unpaired) electrons. The van der Waals surface area contributed by atoms with Crippen LogP contribution in [0.3, 0.4) is 0 Å². The van der Waals surface area contributed by atoms with Gasteiger partial charge in [0.2, 0.25) is 0 Å². The number of nitrogens with one attached hydrogen (secondary N) is 1. The number of nitrogens with zero attached hydrogens (tertiary/aromatic N) is 1. The number of anilines is 1. The zero-order valence-corrected chi connectivity index (χ0v) is 12.6. The Morgan fingerprint density at radius 2 is 2.00 bits per heavy atom. The van der Waals surface area contributed by atoms with Crippen molar-refractivity contribution >= 4 is 5.69 Å². The van der Waals surface area contributed by atoms with Crippen LogP contribution in [0.5, 0.6) is 5.75 Å². The largest absolute Gasteiger partial charge is 0.494 e. The Bertz CT molecular complexity index is 427. The first-order chi connectivity index (χ1) is 9.76. The quantitative estimate of drug-likeness (QED) is 0.859. The molecule has 1 aliphatic heterocycles. The first-order valence-electron chi connectivity index (χ1n) is 8.01. The van der Waals surface area contributed by atoms with E-state index in [9.17, 15) is 0 Å². The molecule has 1 saturated carbocycles. The van der Waals surface area contributed by atoms with Crippen LogP contribution in [-0.4, -0.2) is 36.2 Å². The average molecular weight is 274 g/mol. The van der Waals surface area contributed by atoms with Crippen LogP contribution in [0.4, 0.5) is 5.69 Å². The van der Waals surface area contributed by atoms with E-state index in [1.54, 1.807) is 0 Å². The van der Waals surface area contributed by atoms with Crippen molar-refractivity contribution in [3.8, 4) is 5.75 Å². The summed E-state index contributed by atoms with van der Waals surface area (Å²) in [6.45, 7) is 6.48. The fourth-order valence-electron chi connectivity index (χ4n) is 3.18. The van der Waals surface area contributed by atoms with Crippen LogP contribution < -0.4 is 10.1 Å². The lowest BCUT2D eigenvalue weighted by Gasteiger charge is -2.20. The van der Waals surface area contributed by atoms with Gasteiger partial charge in [0.05, 0.1) is 6.61 Å².